The van der Waals surface area contributed by atoms with Crippen molar-refractivity contribution in [3.63, 3.8) is 0 Å². The first-order chi connectivity index (χ1) is 18.2. The van der Waals surface area contributed by atoms with Gasteiger partial charge in [0.05, 0.1) is 23.4 Å². The lowest BCUT2D eigenvalue weighted by molar-refractivity contribution is 0.0529. The van der Waals surface area contributed by atoms with Gasteiger partial charge in [0.15, 0.2) is 0 Å². The highest BCUT2D eigenvalue weighted by atomic mass is 35.5. The molecule has 1 aliphatic heterocycles. The SMILES string of the molecule is CC1CN(c2cc(-c3cc(F)cc(-c4ccc(-n5ccn(C)c5=O)c(Cl)c4)c3O)ccn2)CCO1.CCC. The second-order valence-corrected chi connectivity index (χ2v) is 9.72. The fraction of sp³-hybridized carbons (Fsp3) is 0.310. The largest absolute Gasteiger partial charge is 0.507 e. The predicted molar refractivity (Wildman–Crippen MR) is 150 cm³/mol. The van der Waals surface area contributed by atoms with Crippen LogP contribution < -0.4 is 10.6 Å². The number of anilines is 1. The normalized spacial score (nSPS) is 15.2. The van der Waals surface area contributed by atoms with E-state index in [0.717, 1.165) is 5.82 Å². The van der Waals surface area contributed by atoms with Gasteiger partial charge in [0.2, 0.25) is 0 Å². The van der Waals surface area contributed by atoms with Gasteiger partial charge in [0, 0.05) is 49.9 Å². The first-order valence-electron chi connectivity index (χ1n) is 12.6. The van der Waals surface area contributed by atoms with E-state index in [-0.39, 0.29) is 17.5 Å². The number of aromatic nitrogens is 3. The standard InChI is InChI=1S/C26H24ClFN4O3.C3H8/c1-16-15-31(9-10-35-16)24-12-18(5-6-29-24)21-14-19(28)13-20(25(21)33)17-3-4-23(22(27)11-17)32-8-7-30(2)26(32)34;1-3-2/h3-8,11-14,16,33H,9-10,15H2,1-2H3;3H2,1-2H3. The molecule has 0 radical (unpaired) electrons. The predicted octanol–water partition coefficient (Wildman–Crippen LogP) is 6.04. The highest BCUT2D eigenvalue weighted by molar-refractivity contribution is 6.32. The second-order valence-electron chi connectivity index (χ2n) is 9.31. The number of ether oxygens (including phenoxy) is 1. The average Bonchev–Trinajstić information content (AvgIpc) is 3.23. The molecular weight excluding hydrogens is 507 g/mol. The van der Waals surface area contributed by atoms with Gasteiger partial charge in [-0.25, -0.2) is 14.2 Å². The van der Waals surface area contributed by atoms with E-state index in [1.165, 1.54) is 27.7 Å². The van der Waals surface area contributed by atoms with Crippen molar-refractivity contribution < 1.29 is 14.2 Å². The molecule has 2 aromatic heterocycles. The Bertz CT molecular complexity index is 1480. The van der Waals surface area contributed by atoms with Crippen molar-refractivity contribution >= 4 is 17.4 Å². The van der Waals surface area contributed by atoms with E-state index < -0.39 is 5.82 Å². The summed E-state index contributed by atoms with van der Waals surface area (Å²) < 4.78 is 23.2. The first-order valence-corrected chi connectivity index (χ1v) is 13.0. The Morgan fingerprint density at radius 2 is 1.79 bits per heavy atom. The number of aryl methyl sites for hydroxylation is 1. The third kappa shape index (κ3) is 5.76. The fourth-order valence-electron chi connectivity index (χ4n) is 4.34. The Morgan fingerprint density at radius 3 is 2.39 bits per heavy atom. The number of imidazole rings is 1. The maximum Gasteiger partial charge on any atom is 0.332 e. The summed E-state index contributed by atoms with van der Waals surface area (Å²) in [4.78, 5) is 18.9. The van der Waals surface area contributed by atoms with Gasteiger partial charge >= 0.3 is 5.69 Å². The van der Waals surface area contributed by atoms with Gasteiger partial charge in [-0.05, 0) is 54.4 Å². The van der Waals surface area contributed by atoms with Crippen LogP contribution in [0.2, 0.25) is 5.02 Å². The zero-order valence-corrected chi connectivity index (χ0v) is 22.7. The molecule has 2 aromatic carbocycles. The third-order valence-corrected chi connectivity index (χ3v) is 6.46. The number of hydrogen-bond donors (Lipinski definition) is 1. The van der Waals surface area contributed by atoms with Crippen LogP contribution in [-0.2, 0) is 11.8 Å². The van der Waals surface area contributed by atoms with Crippen LogP contribution in [0, 0.1) is 5.82 Å². The molecule has 9 heteroatoms. The molecule has 1 atom stereocenters. The third-order valence-electron chi connectivity index (χ3n) is 6.16. The van der Waals surface area contributed by atoms with Gasteiger partial charge in [-0.15, -0.1) is 0 Å². The number of morpholine rings is 1. The summed E-state index contributed by atoms with van der Waals surface area (Å²) in [6.07, 6.45) is 6.25. The van der Waals surface area contributed by atoms with Crippen molar-refractivity contribution in [3.05, 3.63) is 82.4 Å². The maximum atomic E-state index is 14.8. The molecule has 200 valence electrons. The number of hydrogen-bond acceptors (Lipinski definition) is 5. The maximum absolute atomic E-state index is 14.8. The topological polar surface area (TPSA) is 72.5 Å². The molecular formula is C29H32ClFN4O3. The Labute approximate surface area is 226 Å². The van der Waals surface area contributed by atoms with Gasteiger partial charge in [0.25, 0.3) is 0 Å². The van der Waals surface area contributed by atoms with E-state index in [9.17, 15) is 14.3 Å². The molecule has 0 saturated carbocycles. The molecule has 0 aliphatic carbocycles. The molecule has 38 heavy (non-hydrogen) atoms. The van der Waals surface area contributed by atoms with E-state index in [4.69, 9.17) is 16.3 Å². The summed E-state index contributed by atoms with van der Waals surface area (Å²) in [5.41, 5.74) is 2.08. The Balaban J connectivity index is 0.00000107. The van der Waals surface area contributed by atoms with Gasteiger partial charge in [-0.2, -0.15) is 0 Å². The molecule has 3 heterocycles. The lowest BCUT2D eigenvalue weighted by Crippen LogP contribution is -2.41. The van der Waals surface area contributed by atoms with E-state index in [1.54, 1.807) is 49.9 Å². The number of phenols is 1. The minimum absolute atomic E-state index is 0.0698. The van der Waals surface area contributed by atoms with E-state index >= 15 is 0 Å². The van der Waals surface area contributed by atoms with Crippen LogP contribution in [0.1, 0.15) is 27.2 Å². The van der Waals surface area contributed by atoms with Crippen LogP contribution in [0.4, 0.5) is 10.2 Å². The van der Waals surface area contributed by atoms with Gasteiger partial charge in [0.1, 0.15) is 17.4 Å². The number of pyridine rings is 1. The van der Waals surface area contributed by atoms with Crippen molar-refractivity contribution in [2.45, 2.75) is 33.3 Å². The van der Waals surface area contributed by atoms with Crippen LogP contribution in [0.5, 0.6) is 5.75 Å². The Kier molecular flexibility index (Phi) is 8.54. The summed E-state index contributed by atoms with van der Waals surface area (Å²) in [5.74, 6) is 0.175. The zero-order valence-electron chi connectivity index (χ0n) is 22.0. The Morgan fingerprint density at radius 1 is 1.11 bits per heavy atom. The smallest absolute Gasteiger partial charge is 0.332 e. The summed E-state index contributed by atoms with van der Waals surface area (Å²) in [5, 5.41) is 11.5. The number of benzene rings is 2. The molecule has 0 spiro atoms. The van der Waals surface area contributed by atoms with Crippen LogP contribution in [-0.4, -0.2) is 45.0 Å². The van der Waals surface area contributed by atoms with E-state index in [0.29, 0.717) is 52.7 Å². The summed E-state index contributed by atoms with van der Waals surface area (Å²) >= 11 is 6.49. The van der Waals surface area contributed by atoms with Gasteiger partial charge in [-0.3, -0.25) is 4.57 Å². The first kappa shape index (κ1) is 27.4. The van der Waals surface area contributed by atoms with Gasteiger partial charge < -0.3 is 19.3 Å². The average molecular weight is 539 g/mol. The van der Waals surface area contributed by atoms with Crippen molar-refractivity contribution in [1.82, 2.24) is 14.1 Å². The van der Waals surface area contributed by atoms with Crippen LogP contribution in [0.3, 0.4) is 0 Å². The molecule has 1 saturated heterocycles. The van der Waals surface area contributed by atoms with Crippen LogP contribution in [0.25, 0.3) is 27.9 Å². The summed E-state index contributed by atoms with van der Waals surface area (Å²) in [6, 6.07) is 11.1. The molecule has 1 unspecified atom stereocenters. The van der Waals surface area contributed by atoms with Crippen molar-refractivity contribution in [2.75, 3.05) is 24.6 Å². The molecule has 1 N–H and O–H groups in total. The second kappa shape index (κ2) is 11.8. The Hall–Kier alpha value is -3.62. The van der Waals surface area contributed by atoms with Crippen molar-refractivity contribution in [3.8, 4) is 33.7 Å². The minimum Gasteiger partial charge on any atom is -0.507 e. The molecule has 5 rings (SSSR count). The molecule has 4 aromatic rings. The van der Waals surface area contributed by atoms with Crippen LogP contribution in [0.15, 0.2) is 65.8 Å². The van der Waals surface area contributed by atoms with Crippen LogP contribution >= 0.6 is 11.6 Å². The van der Waals surface area contributed by atoms with Crippen molar-refractivity contribution in [1.29, 1.82) is 0 Å². The fourth-order valence-corrected chi connectivity index (χ4v) is 4.61. The number of halogens is 2. The van der Waals surface area contributed by atoms with Gasteiger partial charge in [-0.1, -0.05) is 37.9 Å². The molecule has 0 bridgehead atoms. The number of aromatic hydroxyl groups is 1. The highest BCUT2D eigenvalue weighted by Gasteiger charge is 2.20. The molecule has 1 fully saturated rings. The summed E-state index contributed by atoms with van der Waals surface area (Å²) in [7, 11) is 1.65. The number of nitrogens with zero attached hydrogens (tertiary/aromatic N) is 4. The molecule has 7 nitrogen and oxygen atoms in total. The molecule has 1 aliphatic rings. The zero-order chi connectivity index (χ0) is 27.4. The van der Waals surface area contributed by atoms with Crippen molar-refractivity contribution in [2.24, 2.45) is 7.05 Å². The van der Waals surface area contributed by atoms with E-state index in [1.807, 2.05) is 13.0 Å². The highest BCUT2D eigenvalue weighted by Crippen LogP contribution is 2.41. The van der Waals surface area contributed by atoms with E-state index in [2.05, 4.69) is 23.7 Å². The lowest BCUT2D eigenvalue weighted by atomic mass is 9.97. The lowest BCUT2D eigenvalue weighted by Gasteiger charge is -2.32. The molecule has 0 amide bonds. The monoisotopic (exact) mass is 538 g/mol. The summed E-state index contributed by atoms with van der Waals surface area (Å²) in [6.45, 7) is 8.27. The quantitative estimate of drug-likeness (QED) is 0.343. The number of rotatable bonds is 4. The minimum atomic E-state index is -0.495. The number of phenolic OH excluding ortho intramolecular Hbond substituents is 1.